The number of hydrogen-bond donors (Lipinski definition) is 1. The van der Waals surface area contributed by atoms with Crippen LogP contribution in [-0.4, -0.2) is 40.4 Å². The summed E-state index contributed by atoms with van der Waals surface area (Å²) < 4.78 is 11.3. The number of rotatable bonds is 8. The molecule has 0 bridgehead atoms. The van der Waals surface area contributed by atoms with Gasteiger partial charge in [-0.15, -0.1) is 0 Å². The number of pyridine rings is 1. The number of carbonyl (C=O) groups is 2. The molecule has 1 aliphatic rings. The first-order valence-corrected chi connectivity index (χ1v) is 11.5. The average molecular weight is 473 g/mol. The van der Waals surface area contributed by atoms with E-state index in [2.05, 4.69) is 4.98 Å². The molecule has 1 aliphatic heterocycles. The minimum atomic E-state index is -0.823. The maximum atomic E-state index is 13.3. The lowest BCUT2D eigenvalue weighted by molar-refractivity contribution is -0.140. The molecule has 2 heterocycles. The van der Waals surface area contributed by atoms with Gasteiger partial charge >= 0.3 is 0 Å². The molecule has 1 aromatic heterocycles. The van der Waals surface area contributed by atoms with E-state index in [4.69, 9.17) is 9.47 Å². The number of ether oxygens (including phenoxy) is 2. The summed E-state index contributed by atoms with van der Waals surface area (Å²) in [6, 6.07) is 15.2. The van der Waals surface area contributed by atoms with Crippen molar-refractivity contribution in [1.82, 2.24) is 9.88 Å². The molecule has 7 nitrogen and oxygen atoms in total. The van der Waals surface area contributed by atoms with Gasteiger partial charge in [0.05, 0.1) is 25.3 Å². The molecule has 1 fully saturated rings. The third-order valence-corrected chi connectivity index (χ3v) is 5.99. The molecular weight excluding hydrogens is 444 g/mol. The Morgan fingerprint density at radius 1 is 1.06 bits per heavy atom. The number of aryl methyl sites for hydroxylation is 1. The molecule has 1 N–H and O–H groups in total. The summed E-state index contributed by atoms with van der Waals surface area (Å²) in [6.07, 6.45) is 4.14. The predicted octanol–water partition coefficient (Wildman–Crippen LogP) is 4.81. The molecule has 0 radical (unpaired) electrons. The Labute approximate surface area is 204 Å². The number of amides is 1. The van der Waals surface area contributed by atoms with Crippen LogP contribution in [0.1, 0.15) is 41.6 Å². The zero-order chi connectivity index (χ0) is 24.9. The highest BCUT2D eigenvalue weighted by atomic mass is 16.5. The fourth-order valence-electron chi connectivity index (χ4n) is 4.27. The fraction of sp³-hybridized carbons (Fsp3) is 0.250. The first-order chi connectivity index (χ1) is 17.0. The van der Waals surface area contributed by atoms with Crippen LogP contribution < -0.4 is 9.47 Å². The number of para-hydroxylation sites is 1. The normalized spacial score (nSPS) is 17.0. The Morgan fingerprint density at radius 3 is 2.49 bits per heavy atom. The van der Waals surface area contributed by atoms with Crippen molar-refractivity contribution in [2.24, 2.45) is 0 Å². The number of hydrogen-bond acceptors (Lipinski definition) is 6. The number of likely N-dealkylation sites (tertiary alicyclic amines) is 1. The molecule has 35 heavy (non-hydrogen) atoms. The van der Waals surface area contributed by atoms with Crippen LogP contribution in [0.4, 0.5) is 0 Å². The van der Waals surface area contributed by atoms with Gasteiger partial charge in [0.15, 0.2) is 0 Å². The van der Waals surface area contributed by atoms with E-state index in [0.29, 0.717) is 29.2 Å². The second kappa shape index (κ2) is 10.4. The minimum absolute atomic E-state index is 0.0233. The largest absolute Gasteiger partial charge is 0.507 e. The molecule has 0 aliphatic carbocycles. The Morgan fingerprint density at radius 2 is 1.80 bits per heavy atom. The van der Waals surface area contributed by atoms with E-state index in [1.807, 2.05) is 26.0 Å². The molecular formula is C28H28N2O5. The zero-order valence-corrected chi connectivity index (χ0v) is 20.0. The molecule has 7 heteroatoms. The summed E-state index contributed by atoms with van der Waals surface area (Å²) in [4.78, 5) is 32.0. The van der Waals surface area contributed by atoms with E-state index in [9.17, 15) is 14.7 Å². The summed E-state index contributed by atoms with van der Waals surface area (Å²) in [5.74, 6) is -0.427. The maximum absolute atomic E-state index is 13.3. The second-order valence-corrected chi connectivity index (χ2v) is 8.35. The van der Waals surface area contributed by atoms with Crippen LogP contribution in [0.15, 0.2) is 72.6 Å². The molecule has 1 saturated heterocycles. The van der Waals surface area contributed by atoms with Crippen LogP contribution >= 0.6 is 0 Å². The number of Topliss-reactive ketones (excluding diaryl/α,β-unsaturated/α-hetero) is 1. The number of aliphatic hydroxyl groups is 1. The van der Waals surface area contributed by atoms with Gasteiger partial charge in [0, 0.05) is 30.1 Å². The lowest BCUT2D eigenvalue weighted by Gasteiger charge is -2.26. The van der Waals surface area contributed by atoms with Crippen molar-refractivity contribution in [3.8, 4) is 11.5 Å². The van der Waals surface area contributed by atoms with Gasteiger partial charge in [-0.1, -0.05) is 25.1 Å². The summed E-state index contributed by atoms with van der Waals surface area (Å²) in [6.45, 7) is 4.66. The number of carbonyl (C=O) groups excluding carboxylic acids is 2. The molecule has 1 atom stereocenters. The lowest BCUT2D eigenvalue weighted by Crippen LogP contribution is -2.29. The highest BCUT2D eigenvalue weighted by Crippen LogP contribution is 2.43. The molecule has 0 saturated carbocycles. The topological polar surface area (TPSA) is 89.0 Å². The van der Waals surface area contributed by atoms with Crippen LogP contribution in [0.2, 0.25) is 0 Å². The molecule has 3 aromatic rings. The first kappa shape index (κ1) is 24.0. The molecule has 1 unspecified atom stereocenters. The van der Waals surface area contributed by atoms with Gasteiger partial charge in [-0.05, 0) is 60.9 Å². The lowest BCUT2D eigenvalue weighted by atomic mass is 9.94. The maximum Gasteiger partial charge on any atom is 0.295 e. The number of nitrogens with zero attached hydrogens (tertiary/aromatic N) is 2. The van der Waals surface area contributed by atoms with Crippen LogP contribution in [0.3, 0.4) is 0 Å². The standard InChI is InChI=1S/C28H28N2O5/c1-4-15-35-22-10-9-20(16-18(22)2)26(31)24-25(21-7-5-6-8-23(21)34-3)30(28(33)27(24)32)17-19-11-13-29-14-12-19/h5-14,16,25,31H,4,15,17H2,1-3H3/b26-24+. The quantitative estimate of drug-likeness (QED) is 0.288. The van der Waals surface area contributed by atoms with Gasteiger partial charge in [-0.25, -0.2) is 0 Å². The SMILES string of the molecule is CCCOc1ccc(/C(O)=C2\C(=O)C(=O)N(Cc3ccncc3)C2c2ccccc2OC)cc1C. The van der Waals surface area contributed by atoms with Crippen molar-refractivity contribution < 1.29 is 24.2 Å². The van der Waals surface area contributed by atoms with Crippen LogP contribution in [-0.2, 0) is 16.1 Å². The molecule has 2 aromatic carbocycles. The van der Waals surface area contributed by atoms with Crippen molar-refractivity contribution in [3.05, 3.63) is 94.8 Å². The third kappa shape index (κ3) is 4.75. The van der Waals surface area contributed by atoms with Gasteiger partial charge in [0.1, 0.15) is 17.3 Å². The molecule has 1 amide bonds. The van der Waals surface area contributed by atoms with Crippen LogP contribution in [0, 0.1) is 6.92 Å². The van der Waals surface area contributed by atoms with Crippen molar-refractivity contribution in [3.63, 3.8) is 0 Å². The summed E-state index contributed by atoms with van der Waals surface area (Å²) in [5.41, 5.74) is 2.71. The average Bonchev–Trinajstić information content (AvgIpc) is 3.12. The minimum Gasteiger partial charge on any atom is -0.507 e. The molecule has 4 rings (SSSR count). The monoisotopic (exact) mass is 472 g/mol. The molecule has 0 spiro atoms. The summed E-state index contributed by atoms with van der Waals surface area (Å²) in [5, 5.41) is 11.4. The highest BCUT2D eigenvalue weighted by Gasteiger charge is 2.47. The zero-order valence-electron chi connectivity index (χ0n) is 20.0. The number of aliphatic hydroxyl groups excluding tert-OH is 1. The Hall–Kier alpha value is -4.13. The Kier molecular flexibility index (Phi) is 7.15. The van der Waals surface area contributed by atoms with Crippen molar-refractivity contribution in [2.45, 2.75) is 32.9 Å². The van der Waals surface area contributed by atoms with Crippen LogP contribution in [0.5, 0.6) is 11.5 Å². The Bertz CT molecular complexity index is 1270. The van der Waals surface area contributed by atoms with Gasteiger partial charge < -0.3 is 19.5 Å². The van der Waals surface area contributed by atoms with E-state index in [1.54, 1.807) is 54.9 Å². The fourth-order valence-corrected chi connectivity index (χ4v) is 4.27. The van der Waals surface area contributed by atoms with E-state index in [-0.39, 0.29) is 17.9 Å². The van der Waals surface area contributed by atoms with Gasteiger partial charge in [0.25, 0.3) is 11.7 Å². The third-order valence-electron chi connectivity index (χ3n) is 5.99. The number of ketones is 1. The van der Waals surface area contributed by atoms with Gasteiger partial charge in [0.2, 0.25) is 0 Å². The van der Waals surface area contributed by atoms with E-state index in [0.717, 1.165) is 17.5 Å². The van der Waals surface area contributed by atoms with E-state index < -0.39 is 17.7 Å². The van der Waals surface area contributed by atoms with Crippen LogP contribution in [0.25, 0.3) is 5.76 Å². The van der Waals surface area contributed by atoms with E-state index in [1.165, 1.54) is 12.0 Å². The van der Waals surface area contributed by atoms with Gasteiger partial charge in [-0.3, -0.25) is 14.6 Å². The second-order valence-electron chi connectivity index (χ2n) is 8.35. The number of methoxy groups -OCH3 is 1. The van der Waals surface area contributed by atoms with Crippen molar-refractivity contribution in [1.29, 1.82) is 0 Å². The summed E-state index contributed by atoms with van der Waals surface area (Å²) >= 11 is 0. The first-order valence-electron chi connectivity index (χ1n) is 11.5. The summed E-state index contributed by atoms with van der Waals surface area (Å²) in [7, 11) is 1.53. The highest BCUT2D eigenvalue weighted by molar-refractivity contribution is 6.46. The Balaban J connectivity index is 1.85. The van der Waals surface area contributed by atoms with Crippen molar-refractivity contribution >= 4 is 17.4 Å². The van der Waals surface area contributed by atoms with E-state index >= 15 is 0 Å². The number of benzene rings is 2. The smallest absolute Gasteiger partial charge is 0.295 e. The predicted molar refractivity (Wildman–Crippen MR) is 132 cm³/mol. The number of aromatic nitrogens is 1. The molecule has 180 valence electrons. The van der Waals surface area contributed by atoms with Crippen molar-refractivity contribution in [2.75, 3.05) is 13.7 Å². The van der Waals surface area contributed by atoms with Gasteiger partial charge in [-0.2, -0.15) is 0 Å².